The van der Waals surface area contributed by atoms with Gasteiger partial charge < -0.3 is 25.1 Å². The van der Waals surface area contributed by atoms with Crippen LogP contribution >= 0.6 is 11.6 Å². The van der Waals surface area contributed by atoms with E-state index in [2.05, 4.69) is 15.1 Å². The van der Waals surface area contributed by atoms with Crippen LogP contribution in [0, 0.1) is 23.6 Å². The van der Waals surface area contributed by atoms with Crippen LogP contribution in [0.5, 0.6) is 0 Å². The topological polar surface area (TPSA) is 114 Å². The van der Waals surface area contributed by atoms with E-state index in [1.165, 1.54) is 6.07 Å². The number of amides is 3. The van der Waals surface area contributed by atoms with Crippen molar-refractivity contribution in [2.75, 3.05) is 65.4 Å². The summed E-state index contributed by atoms with van der Waals surface area (Å²) in [7, 11) is 0. The molecule has 2 aromatic rings. The summed E-state index contributed by atoms with van der Waals surface area (Å²) in [5, 5.41) is 13.6. The van der Waals surface area contributed by atoms with Crippen LogP contribution in [0.2, 0.25) is 5.02 Å². The molecule has 12 heteroatoms. The van der Waals surface area contributed by atoms with Crippen LogP contribution in [0.4, 0.5) is 4.39 Å². The molecule has 5 aliphatic rings. The quantitative estimate of drug-likeness (QED) is 0.272. The van der Waals surface area contributed by atoms with E-state index in [0.717, 1.165) is 109 Å². The van der Waals surface area contributed by atoms with E-state index in [4.69, 9.17) is 11.6 Å². The Kier molecular flexibility index (Phi) is 13.1. The number of carbonyl (C=O) groups is 4. The van der Waals surface area contributed by atoms with Crippen molar-refractivity contribution in [1.29, 1.82) is 0 Å². The number of carboxylic acids is 1. The number of piperidine rings is 2. The maximum absolute atomic E-state index is 16.2. The molecule has 2 aromatic carbocycles. The van der Waals surface area contributed by atoms with Crippen LogP contribution in [-0.2, 0) is 14.4 Å². The highest BCUT2D eigenvalue weighted by molar-refractivity contribution is 6.30. The molecule has 0 radical (unpaired) electrons. The fraction of sp³-hybridized carbons (Fsp3) is 0.628. The maximum Gasteiger partial charge on any atom is 0.312 e. The third-order valence-electron chi connectivity index (χ3n) is 13.0. The molecule has 2 N–H and O–H groups in total. The molecule has 3 amide bonds. The zero-order valence-electron chi connectivity index (χ0n) is 32.0. The molecular weight excluding hydrogens is 721 g/mol. The highest BCUT2D eigenvalue weighted by Gasteiger charge is 2.38. The smallest absolute Gasteiger partial charge is 0.312 e. The van der Waals surface area contributed by atoms with E-state index < -0.39 is 29.7 Å². The molecule has 1 unspecified atom stereocenters. The van der Waals surface area contributed by atoms with Gasteiger partial charge in [0.2, 0.25) is 11.8 Å². The summed E-state index contributed by atoms with van der Waals surface area (Å²) in [5.74, 6) is -1.91. The Morgan fingerprint density at radius 1 is 0.782 bits per heavy atom. The van der Waals surface area contributed by atoms with Crippen molar-refractivity contribution in [1.82, 2.24) is 24.9 Å². The molecular formula is C43H57ClFN5O5. The maximum atomic E-state index is 16.2. The van der Waals surface area contributed by atoms with Crippen molar-refractivity contribution in [3.05, 3.63) is 70.0 Å². The van der Waals surface area contributed by atoms with Crippen LogP contribution in [0.25, 0.3) is 0 Å². The lowest BCUT2D eigenvalue weighted by Crippen LogP contribution is -2.57. The van der Waals surface area contributed by atoms with E-state index in [1.54, 1.807) is 36.4 Å². The van der Waals surface area contributed by atoms with Gasteiger partial charge in [-0.25, -0.2) is 4.39 Å². The number of nitrogens with zero attached hydrogens (tertiary/aromatic N) is 4. The molecule has 298 valence electrons. The third-order valence-corrected chi connectivity index (χ3v) is 13.2. The molecule has 3 aliphatic heterocycles. The van der Waals surface area contributed by atoms with Crippen LogP contribution in [0.15, 0.2) is 42.5 Å². The Balaban J connectivity index is 0.921. The molecule has 5 fully saturated rings. The molecule has 0 spiro atoms. The number of hydrogen-bond donors (Lipinski definition) is 2. The van der Waals surface area contributed by atoms with Gasteiger partial charge in [-0.15, -0.1) is 0 Å². The predicted octanol–water partition coefficient (Wildman–Crippen LogP) is 6.00. The largest absolute Gasteiger partial charge is 0.481 e. The number of piperazine rings is 1. The molecule has 3 heterocycles. The first kappa shape index (κ1) is 39.7. The number of likely N-dealkylation sites (tertiary alicyclic amines) is 2. The minimum absolute atomic E-state index is 0.0143. The second kappa shape index (κ2) is 18.2. The van der Waals surface area contributed by atoms with Gasteiger partial charge >= 0.3 is 5.97 Å². The fourth-order valence-corrected chi connectivity index (χ4v) is 9.60. The van der Waals surface area contributed by atoms with E-state index >= 15 is 4.39 Å². The molecule has 10 nitrogen and oxygen atoms in total. The second-order valence-electron chi connectivity index (χ2n) is 16.8. The highest BCUT2D eigenvalue weighted by atomic mass is 35.5. The Morgan fingerprint density at radius 3 is 2.16 bits per heavy atom. The second-order valence-corrected chi connectivity index (χ2v) is 17.2. The molecule has 0 aromatic heterocycles. The summed E-state index contributed by atoms with van der Waals surface area (Å²) >= 11 is 6.02. The van der Waals surface area contributed by atoms with Gasteiger partial charge in [0.15, 0.2) is 0 Å². The number of halogens is 2. The van der Waals surface area contributed by atoms with Crippen LogP contribution in [0.3, 0.4) is 0 Å². The van der Waals surface area contributed by atoms with E-state index in [0.29, 0.717) is 49.2 Å². The minimum atomic E-state index is -0.826. The average molecular weight is 778 g/mol. The number of nitrogens with one attached hydrogen (secondary N) is 1. The number of rotatable bonds is 12. The lowest BCUT2D eigenvalue weighted by atomic mass is 9.83. The van der Waals surface area contributed by atoms with E-state index in [-0.39, 0.29) is 35.1 Å². The predicted molar refractivity (Wildman–Crippen MR) is 210 cm³/mol. The molecule has 2 saturated carbocycles. The average Bonchev–Trinajstić information content (AvgIpc) is 4.06. The normalized spacial score (nSPS) is 23.3. The lowest BCUT2D eigenvalue weighted by Gasteiger charge is -2.41. The Hall–Kier alpha value is -3.54. The molecule has 7 rings (SSSR count). The van der Waals surface area contributed by atoms with Gasteiger partial charge in [0.05, 0.1) is 11.5 Å². The van der Waals surface area contributed by atoms with Crippen LogP contribution < -0.4 is 5.32 Å². The van der Waals surface area contributed by atoms with Gasteiger partial charge in [0.25, 0.3) is 5.91 Å². The summed E-state index contributed by atoms with van der Waals surface area (Å²) < 4.78 is 16.2. The Morgan fingerprint density at radius 2 is 1.49 bits per heavy atom. The zero-order chi connectivity index (χ0) is 38.5. The van der Waals surface area contributed by atoms with Gasteiger partial charge in [0, 0.05) is 69.2 Å². The zero-order valence-corrected chi connectivity index (χ0v) is 32.7. The van der Waals surface area contributed by atoms with Gasteiger partial charge in [-0.05, 0) is 106 Å². The summed E-state index contributed by atoms with van der Waals surface area (Å²) in [6, 6.07) is 11.4. The number of carbonyl (C=O) groups excluding carboxylic acids is 3. The van der Waals surface area contributed by atoms with Gasteiger partial charge in [-0.2, -0.15) is 0 Å². The van der Waals surface area contributed by atoms with Gasteiger partial charge in [-0.3, -0.25) is 24.1 Å². The minimum Gasteiger partial charge on any atom is -0.481 e. The number of aliphatic carboxylic acids is 1. The lowest BCUT2D eigenvalue weighted by molar-refractivity contribution is -0.139. The monoisotopic (exact) mass is 777 g/mol. The van der Waals surface area contributed by atoms with Crippen molar-refractivity contribution in [3.63, 3.8) is 0 Å². The van der Waals surface area contributed by atoms with Crippen molar-refractivity contribution in [3.8, 4) is 0 Å². The number of hydrogen-bond acceptors (Lipinski definition) is 6. The summed E-state index contributed by atoms with van der Waals surface area (Å²) in [4.78, 5) is 61.4. The van der Waals surface area contributed by atoms with Crippen LogP contribution in [0.1, 0.15) is 104 Å². The van der Waals surface area contributed by atoms with Crippen LogP contribution in [-0.4, -0.2) is 120 Å². The molecule has 3 atom stereocenters. The molecule has 3 saturated heterocycles. The first-order valence-corrected chi connectivity index (χ1v) is 21.1. The summed E-state index contributed by atoms with van der Waals surface area (Å²) in [5.41, 5.74) is 1.21. The van der Waals surface area contributed by atoms with Crippen molar-refractivity contribution in [2.24, 2.45) is 17.8 Å². The van der Waals surface area contributed by atoms with Gasteiger partial charge in [-0.1, -0.05) is 55.1 Å². The SMILES string of the molecule is O=C(N[C@@H](C(=O)N1CCN(CC2CCN(CC(C(=O)O)c3ccc(Cl)cc3)CC2)CC1)C1CCCCC1)c1cccc([C@H]2CCCN(C(=O)C3CC3)C2)c1F. The number of benzene rings is 2. The molecule has 2 aliphatic carbocycles. The van der Waals surface area contributed by atoms with Crippen molar-refractivity contribution >= 4 is 35.3 Å². The first-order valence-electron chi connectivity index (χ1n) is 20.7. The number of carboxylic acid groups (broad SMARTS) is 1. The summed E-state index contributed by atoms with van der Waals surface area (Å²) in [6.07, 6.45) is 10.3. The molecule has 0 bridgehead atoms. The van der Waals surface area contributed by atoms with Crippen molar-refractivity contribution in [2.45, 2.75) is 88.5 Å². The first-order chi connectivity index (χ1) is 26.6. The Bertz CT molecular complexity index is 1670. The third kappa shape index (κ3) is 9.89. The highest BCUT2D eigenvalue weighted by Crippen LogP contribution is 2.36. The van der Waals surface area contributed by atoms with E-state index in [9.17, 15) is 24.3 Å². The van der Waals surface area contributed by atoms with Crippen molar-refractivity contribution < 1.29 is 28.7 Å². The van der Waals surface area contributed by atoms with E-state index in [1.807, 2.05) is 9.80 Å². The standard InChI is InChI=1S/C43H57ClFN5O5/c44-34-15-13-30(14-16-34)37(43(54)55)28-47-20-17-29(18-21-47)26-48-22-24-49(25-23-48)42(53)39(31-6-2-1-3-7-31)46-40(51)36-10-4-9-35(38(36)45)33-8-5-19-50(27-33)41(52)32-11-12-32/h4,9-10,13-16,29,31-33,37,39H,1-3,5-8,11-12,17-28H2,(H,46,51)(H,54,55)/t33-,37?,39+/m0/s1. The molecule has 55 heavy (non-hydrogen) atoms. The Labute approximate surface area is 329 Å². The fourth-order valence-electron chi connectivity index (χ4n) is 9.47. The summed E-state index contributed by atoms with van der Waals surface area (Å²) in [6.45, 7) is 6.99. The van der Waals surface area contributed by atoms with Gasteiger partial charge in [0.1, 0.15) is 11.9 Å².